The van der Waals surface area contributed by atoms with Crippen molar-refractivity contribution in [3.63, 3.8) is 0 Å². The van der Waals surface area contributed by atoms with Crippen molar-refractivity contribution in [3.05, 3.63) is 11.3 Å². The number of methoxy groups -OCH3 is 1. The van der Waals surface area contributed by atoms with Gasteiger partial charge in [0, 0.05) is 5.71 Å². The van der Waals surface area contributed by atoms with E-state index in [1.54, 1.807) is 0 Å². The molecule has 0 saturated carbocycles. The summed E-state index contributed by atoms with van der Waals surface area (Å²) in [4.78, 5) is 10.8. The zero-order valence-corrected chi connectivity index (χ0v) is 6.76. The molecule has 0 bridgehead atoms. The van der Waals surface area contributed by atoms with Crippen LogP contribution in [-0.4, -0.2) is 23.9 Å². The Labute approximate surface area is 65.0 Å². The zero-order chi connectivity index (χ0) is 9.02. The van der Waals surface area contributed by atoms with E-state index in [1.165, 1.54) is 21.0 Å². The van der Waals surface area contributed by atoms with Gasteiger partial charge in [-0.15, -0.1) is 0 Å². The second-order valence-electron chi connectivity index (χ2n) is 2.08. The molecule has 0 unspecified atom stereocenters. The minimum absolute atomic E-state index is 0.00292. The number of carbonyl (C=O) groups is 1. The molecule has 0 rings (SSSR count). The summed E-state index contributed by atoms with van der Waals surface area (Å²) in [6.07, 6.45) is 0. The maximum Gasteiger partial charge on any atom is 0.343 e. The zero-order valence-electron chi connectivity index (χ0n) is 6.76. The molecule has 0 aliphatic heterocycles. The van der Waals surface area contributed by atoms with Gasteiger partial charge in [-0.2, -0.15) is 0 Å². The molecule has 11 heavy (non-hydrogen) atoms. The number of carbonyl (C=O) groups excluding carboxylic acids is 1. The molecule has 0 aliphatic carbocycles. The predicted octanol–water partition coefficient (Wildman–Crippen LogP) is 1.03. The number of nitrogens with one attached hydrogen (secondary N) is 1. The van der Waals surface area contributed by atoms with Crippen LogP contribution in [0.25, 0.3) is 0 Å². The lowest BCUT2D eigenvalue weighted by atomic mass is 10.1. The predicted molar refractivity (Wildman–Crippen MR) is 40.7 cm³/mol. The number of esters is 1. The fraction of sp³-hybridized carbons (Fsp3) is 0.429. The van der Waals surface area contributed by atoms with E-state index in [1.807, 2.05) is 0 Å². The van der Waals surface area contributed by atoms with Crippen LogP contribution in [0.5, 0.6) is 0 Å². The molecule has 2 N–H and O–H groups in total. The first-order chi connectivity index (χ1) is 5.00. The van der Waals surface area contributed by atoms with Crippen LogP contribution in [-0.2, 0) is 9.53 Å². The number of ether oxygens (including phenoxy) is 1. The van der Waals surface area contributed by atoms with E-state index in [4.69, 9.17) is 10.5 Å². The first-order valence-corrected chi connectivity index (χ1v) is 3.04. The van der Waals surface area contributed by atoms with E-state index in [-0.39, 0.29) is 17.0 Å². The van der Waals surface area contributed by atoms with Gasteiger partial charge in [0.1, 0.15) is 11.3 Å². The van der Waals surface area contributed by atoms with Crippen LogP contribution in [0.2, 0.25) is 0 Å². The van der Waals surface area contributed by atoms with Crippen LogP contribution in [0.1, 0.15) is 13.8 Å². The molecule has 0 heterocycles. The summed E-state index contributed by atoms with van der Waals surface area (Å²) in [6.45, 7) is 2.75. The minimum atomic E-state index is -0.683. The van der Waals surface area contributed by atoms with Gasteiger partial charge < -0.3 is 15.3 Å². The van der Waals surface area contributed by atoms with Crippen LogP contribution in [0, 0.1) is 5.41 Å². The second kappa shape index (κ2) is 3.75. The van der Waals surface area contributed by atoms with Gasteiger partial charge in [-0.3, -0.25) is 0 Å². The van der Waals surface area contributed by atoms with E-state index in [2.05, 4.69) is 4.74 Å². The third-order valence-electron chi connectivity index (χ3n) is 1.13. The van der Waals surface area contributed by atoms with Crippen molar-refractivity contribution in [3.8, 4) is 0 Å². The molecule has 4 heteroatoms. The maximum absolute atomic E-state index is 10.8. The van der Waals surface area contributed by atoms with Gasteiger partial charge in [-0.1, -0.05) is 0 Å². The number of hydrogen-bond acceptors (Lipinski definition) is 4. The first kappa shape index (κ1) is 9.68. The number of rotatable bonds is 2. The molecule has 0 aromatic rings. The Morgan fingerprint density at radius 2 is 1.91 bits per heavy atom. The summed E-state index contributed by atoms with van der Waals surface area (Å²) < 4.78 is 4.34. The summed E-state index contributed by atoms with van der Waals surface area (Å²) in [6, 6.07) is 0. The van der Waals surface area contributed by atoms with Gasteiger partial charge in [-0.25, -0.2) is 4.79 Å². The van der Waals surface area contributed by atoms with Gasteiger partial charge in [0.2, 0.25) is 0 Å². The van der Waals surface area contributed by atoms with Crippen molar-refractivity contribution in [2.24, 2.45) is 0 Å². The SMILES string of the molecule is COC(=O)/C(C(C)=N)=C(/C)O. The normalized spacial score (nSPS) is 11.9. The lowest BCUT2D eigenvalue weighted by Crippen LogP contribution is -2.13. The molecule has 0 amide bonds. The molecule has 62 valence electrons. The van der Waals surface area contributed by atoms with Crippen LogP contribution in [0.4, 0.5) is 0 Å². The lowest BCUT2D eigenvalue weighted by molar-refractivity contribution is -0.135. The summed E-state index contributed by atoms with van der Waals surface area (Å²) >= 11 is 0. The van der Waals surface area contributed by atoms with Crippen molar-refractivity contribution in [2.75, 3.05) is 7.11 Å². The Balaban J connectivity index is 4.79. The summed E-state index contributed by atoms with van der Waals surface area (Å²) in [5.41, 5.74) is -0.0793. The highest BCUT2D eigenvalue weighted by Gasteiger charge is 2.14. The van der Waals surface area contributed by atoms with Gasteiger partial charge >= 0.3 is 5.97 Å². The van der Waals surface area contributed by atoms with Crippen LogP contribution in [0.15, 0.2) is 11.3 Å². The Morgan fingerprint density at radius 1 is 1.45 bits per heavy atom. The number of aliphatic hydroxyl groups is 1. The van der Waals surface area contributed by atoms with E-state index in [9.17, 15) is 4.79 Å². The molecule has 0 aromatic heterocycles. The highest BCUT2D eigenvalue weighted by Crippen LogP contribution is 2.04. The van der Waals surface area contributed by atoms with E-state index in [0.717, 1.165) is 0 Å². The van der Waals surface area contributed by atoms with Gasteiger partial charge in [-0.05, 0) is 13.8 Å². The van der Waals surface area contributed by atoms with Crippen molar-refractivity contribution in [2.45, 2.75) is 13.8 Å². The van der Waals surface area contributed by atoms with Crippen molar-refractivity contribution >= 4 is 11.7 Å². The Hall–Kier alpha value is -1.32. The molecule has 0 aliphatic rings. The summed E-state index contributed by atoms with van der Waals surface area (Å²) in [7, 11) is 1.20. The molecular formula is C7H11NO3. The van der Waals surface area contributed by atoms with E-state index in [0.29, 0.717) is 0 Å². The quantitative estimate of drug-likeness (QED) is 0.272. The Bertz CT molecular complexity index is 214. The standard InChI is InChI=1S/C7H11NO3/c1-4(8)6(5(2)9)7(10)11-3/h8-9H,1-3H3/b6-5-,8-4?. The molecule has 0 saturated heterocycles. The Morgan fingerprint density at radius 3 is 2.00 bits per heavy atom. The fourth-order valence-corrected chi connectivity index (χ4v) is 0.674. The summed E-state index contributed by atoms with van der Waals surface area (Å²) in [5.74, 6) is -0.873. The number of allylic oxidation sites excluding steroid dienone is 1. The van der Waals surface area contributed by atoms with Gasteiger partial charge in [0.15, 0.2) is 0 Å². The highest BCUT2D eigenvalue weighted by molar-refractivity contribution is 6.17. The smallest absolute Gasteiger partial charge is 0.343 e. The van der Waals surface area contributed by atoms with E-state index < -0.39 is 5.97 Å². The Kier molecular flexibility index (Phi) is 3.30. The molecule has 0 fully saturated rings. The maximum atomic E-state index is 10.8. The second-order valence-corrected chi connectivity index (χ2v) is 2.08. The average molecular weight is 157 g/mol. The minimum Gasteiger partial charge on any atom is -0.512 e. The molecule has 4 nitrogen and oxygen atoms in total. The van der Waals surface area contributed by atoms with Crippen molar-refractivity contribution in [1.29, 1.82) is 5.41 Å². The molecule has 0 aromatic carbocycles. The van der Waals surface area contributed by atoms with Crippen molar-refractivity contribution in [1.82, 2.24) is 0 Å². The first-order valence-electron chi connectivity index (χ1n) is 3.04. The highest BCUT2D eigenvalue weighted by atomic mass is 16.5. The largest absolute Gasteiger partial charge is 0.512 e. The topological polar surface area (TPSA) is 70.4 Å². The third-order valence-corrected chi connectivity index (χ3v) is 1.13. The summed E-state index contributed by atoms with van der Waals surface area (Å²) in [5, 5.41) is 16.0. The van der Waals surface area contributed by atoms with Crippen LogP contribution in [0.3, 0.4) is 0 Å². The lowest BCUT2D eigenvalue weighted by Gasteiger charge is -2.03. The monoisotopic (exact) mass is 157 g/mol. The molecular weight excluding hydrogens is 146 g/mol. The van der Waals surface area contributed by atoms with E-state index >= 15 is 0 Å². The number of aliphatic hydroxyl groups excluding tert-OH is 1. The molecule has 0 spiro atoms. The molecule has 0 atom stereocenters. The fourth-order valence-electron chi connectivity index (χ4n) is 0.674. The average Bonchev–Trinajstić information content (AvgIpc) is 1.85. The van der Waals surface area contributed by atoms with Crippen LogP contribution < -0.4 is 0 Å². The molecule has 0 radical (unpaired) electrons. The third kappa shape index (κ3) is 2.41. The number of hydrogen-bond donors (Lipinski definition) is 2. The van der Waals surface area contributed by atoms with Crippen LogP contribution >= 0.6 is 0 Å². The van der Waals surface area contributed by atoms with Crippen molar-refractivity contribution < 1.29 is 14.6 Å². The van der Waals surface area contributed by atoms with Gasteiger partial charge in [0.05, 0.1) is 7.11 Å². The van der Waals surface area contributed by atoms with Gasteiger partial charge in [0.25, 0.3) is 0 Å².